The van der Waals surface area contributed by atoms with Crippen LogP contribution in [-0.4, -0.2) is 17.4 Å². The molecule has 21 heavy (non-hydrogen) atoms. The summed E-state index contributed by atoms with van der Waals surface area (Å²) in [5.74, 6) is 0.417. The van der Waals surface area contributed by atoms with Gasteiger partial charge in [-0.05, 0) is 12.0 Å². The molecular weight excluding hydrogens is 383 g/mol. The van der Waals surface area contributed by atoms with Crippen molar-refractivity contribution in [2.24, 2.45) is 10.7 Å². The summed E-state index contributed by atoms with van der Waals surface area (Å²) < 4.78 is 0. The number of aliphatic imine (C=N–C) groups is 1. The Morgan fingerprint density at radius 2 is 1.95 bits per heavy atom. The highest BCUT2D eigenvalue weighted by atomic mass is 127. The molecule has 0 spiro atoms. The third kappa shape index (κ3) is 8.49. The van der Waals surface area contributed by atoms with Crippen LogP contribution in [0.15, 0.2) is 29.3 Å². The van der Waals surface area contributed by atoms with Crippen molar-refractivity contribution in [3.63, 3.8) is 0 Å². The number of nitrogens with zero attached hydrogens (tertiary/aromatic N) is 2. The summed E-state index contributed by atoms with van der Waals surface area (Å²) in [7, 11) is 0. The van der Waals surface area contributed by atoms with Crippen molar-refractivity contribution in [1.29, 1.82) is 0 Å². The van der Waals surface area contributed by atoms with Crippen LogP contribution in [0.3, 0.4) is 0 Å². The van der Waals surface area contributed by atoms with E-state index < -0.39 is 4.92 Å². The van der Waals surface area contributed by atoms with E-state index in [1.807, 2.05) is 0 Å². The summed E-state index contributed by atoms with van der Waals surface area (Å²) in [5.41, 5.74) is 6.72. The standard InChI is InChI=1S/C14H22N4O2.HI/c1-2-3-4-5-10-16-14(15)17-11-12-6-8-13(9-7-12)18(19)20;/h6-9H,2-5,10-11H2,1H3,(H3,15,16,17);1H. The molecule has 0 unspecified atom stereocenters. The Morgan fingerprint density at radius 1 is 1.29 bits per heavy atom. The van der Waals surface area contributed by atoms with Gasteiger partial charge < -0.3 is 11.1 Å². The fourth-order valence-corrected chi connectivity index (χ4v) is 1.72. The first-order valence-electron chi connectivity index (χ1n) is 6.90. The molecule has 118 valence electrons. The predicted octanol–water partition coefficient (Wildman–Crippen LogP) is 3.20. The van der Waals surface area contributed by atoms with Gasteiger partial charge in [0.1, 0.15) is 0 Å². The van der Waals surface area contributed by atoms with Crippen molar-refractivity contribution in [2.75, 3.05) is 6.54 Å². The number of hydrogen-bond donors (Lipinski definition) is 2. The Balaban J connectivity index is 0.00000400. The summed E-state index contributed by atoms with van der Waals surface area (Å²) in [6, 6.07) is 6.32. The topological polar surface area (TPSA) is 93.5 Å². The van der Waals surface area contributed by atoms with Crippen LogP contribution in [0.2, 0.25) is 0 Å². The van der Waals surface area contributed by atoms with Crippen molar-refractivity contribution in [2.45, 2.75) is 39.2 Å². The van der Waals surface area contributed by atoms with Crippen molar-refractivity contribution in [3.8, 4) is 0 Å². The number of non-ortho nitro benzene ring substituents is 1. The van der Waals surface area contributed by atoms with Gasteiger partial charge in [-0.3, -0.25) is 10.1 Å². The number of benzene rings is 1. The van der Waals surface area contributed by atoms with Gasteiger partial charge in [0.05, 0.1) is 11.5 Å². The lowest BCUT2D eigenvalue weighted by Crippen LogP contribution is -2.32. The Bertz CT molecular complexity index is 449. The van der Waals surface area contributed by atoms with Gasteiger partial charge in [0.25, 0.3) is 5.69 Å². The van der Waals surface area contributed by atoms with Crippen LogP contribution in [-0.2, 0) is 6.54 Å². The van der Waals surface area contributed by atoms with E-state index in [0.29, 0.717) is 12.5 Å². The van der Waals surface area contributed by atoms with Crippen molar-refractivity contribution in [1.82, 2.24) is 5.32 Å². The maximum atomic E-state index is 10.5. The summed E-state index contributed by atoms with van der Waals surface area (Å²) >= 11 is 0. The van der Waals surface area contributed by atoms with E-state index in [9.17, 15) is 10.1 Å². The van der Waals surface area contributed by atoms with Gasteiger partial charge in [-0.2, -0.15) is 0 Å². The van der Waals surface area contributed by atoms with Crippen LogP contribution in [0.25, 0.3) is 0 Å². The number of guanidine groups is 1. The van der Waals surface area contributed by atoms with Gasteiger partial charge in [0.2, 0.25) is 0 Å². The van der Waals surface area contributed by atoms with E-state index in [4.69, 9.17) is 5.73 Å². The Morgan fingerprint density at radius 3 is 2.52 bits per heavy atom. The minimum atomic E-state index is -0.417. The molecule has 3 N–H and O–H groups in total. The molecule has 0 aliphatic rings. The molecule has 1 aromatic carbocycles. The lowest BCUT2D eigenvalue weighted by Gasteiger charge is -2.05. The minimum Gasteiger partial charge on any atom is -0.370 e. The van der Waals surface area contributed by atoms with E-state index in [2.05, 4.69) is 17.2 Å². The third-order valence-electron chi connectivity index (χ3n) is 2.92. The molecule has 0 aliphatic carbocycles. The smallest absolute Gasteiger partial charge is 0.269 e. The second-order valence-electron chi connectivity index (χ2n) is 4.61. The normalized spacial score (nSPS) is 10.8. The highest BCUT2D eigenvalue weighted by Gasteiger charge is 2.03. The molecule has 0 saturated heterocycles. The Hall–Kier alpha value is -1.38. The van der Waals surface area contributed by atoms with Crippen LogP contribution in [0, 0.1) is 10.1 Å². The monoisotopic (exact) mass is 406 g/mol. The predicted molar refractivity (Wildman–Crippen MR) is 96.0 cm³/mol. The fraction of sp³-hybridized carbons (Fsp3) is 0.500. The maximum Gasteiger partial charge on any atom is 0.269 e. The number of unbranched alkanes of at least 4 members (excludes halogenated alkanes) is 3. The first-order valence-corrected chi connectivity index (χ1v) is 6.90. The van der Waals surface area contributed by atoms with Crippen molar-refractivity contribution < 1.29 is 4.92 Å². The van der Waals surface area contributed by atoms with E-state index in [-0.39, 0.29) is 29.7 Å². The maximum absolute atomic E-state index is 10.5. The molecule has 1 aromatic rings. The van der Waals surface area contributed by atoms with Gasteiger partial charge in [-0.1, -0.05) is 38.3 Å². The molecule has 0 radical (unpaired) electrons. The molecule has 6 nitrogen and oxygen atoms in total. The van der Waals surface area contributed by atoms with Gasteiger partial charge in [-0.15, -0.1) is 24.0 Å². The zero-order valence-corrected chi connectivity index (χ0v) is 14.6. The average Bonchev–Trinajstić information content (AvgIpc) is 2.45. The van der Waals surface area contributed by atoms with Crippen LogP contribution in [0.1, 0.15) is 38.2 Å². The van der Waals surface area contributed by atoms with Gasteiger partial charge >= 0.3 is 0 Å². The number of halogens is 1. The molecular formula is C14H23IN4O2. The number of nitrogens with one attached hydrogen (secondary N) is 1. The molecule has 0 amide bonds. The Kier molecular flexibility index (Phi) is 10.6. The molecule has 0 saturated carbocycles. The molecule has 0 heterocycles. The van der Waals surface area contributed by atoms with Crippen molar-refractivity contribution in [3.05, 3.63) is 39.9 Å². The number of rotatable bonds is 8. The second kappa shape index (κ2) is 11.3. The first-order chi connectivity index (χ1) is 9.63. The van der Waals surface area contributed by atoms with E-state index in [1.54, 1.807) is 12.1 Å². The summed E-state index contributed by atoms with van der Waals surface area (Å²) in [5, 5.41) is 13.6. The molecule has 0 atom stereocenters. The molecule has 0 aliphatic heterocycles. The van der Waals surface area contributed by atoms with Gasteiger partial charge in [0, 0.05) is 18.7 Å². The lowest BCUT2D eigenvalue weighted by atomic mass is 10.2. The Labute approximate surface area is 142 Å². The summed E-state index contributed by atoms with van der Waals surface area (Å²) in [6.07, 6.45) is 4.73. The largest absolute Gasteiger partial charge is 0.370 e. The first kappa shape index (κ1) is 19.6. The molecule has 1 rings (SSSR count). The van der Waals surface area contributed by atoms with Crippen LogP contribution >= 0.6 is 24.0 Å². The molecule has 0 aromatic heterocycles. The molecule has 7 heteroatoms. The van der Waals surface area contributed by atoms with E-state index in [0.717, 1.165) is 18.5 Å². The SMILES string of the molecule is CCCCCCNC(N)=NCc1ccc([N+](=O)[O-])cc1.I. The number of nitrogens with two attached hydrogens (primary N) is 1. The highest BCUT2D eigenvalue weighted by molar-refractivity contribution is 14.0. The van der Waals surface area contributed by atoms with Crippen LogP contribution in [0.5, 0.6) is 0 Å². The van der Waals surface area contributed by atoms with Gasteiger partial charge in [-0.25, -0.2) is 4.99 Å². The number of nitro benzene ring substituents is 1. The van der Waals surface area contributed by atoms with Crippen molar-refractivity contribution >= 4 is 35.6 Å². The van der Waals surface area contributed by atoms with E-state index >= 15 is 0 Å². The van der Waals surface area contributed by atoms with Crippen LogP contribution in [0.4, 0.5) is 5.69 Å². The zero-order valence-electron chi connectivity index (χ0n) is 12.2. The number of hydrogen-bond acceptors (Lipinski definition) is 3. The summed E-state index contributed by atoms with van der Waals surface area (Å²) in [4.78, 5) is 14.3. The highest BCUT2D eigenvalue weighted by Crippen LogP contribution is 2.12. The van der Waals surface area contributed by atoms with E-state index in [1.165, 1.54) is 31.4 Å². The quantitative estimate of drug-likeness (QED) is 0.173. The fourth-order valence-electron chi connectivity index (χ4n) is 1.72. The third-order valence-corrected chi connectivity index (χ3v) is 2.92. The molecule has 0 fully saturated rings. The zero-order chi connectivity index (χ0) is 14.8. The lowest BCUT2D eigenvalue weighted by molar-refractivity contribution is -0.384. The van der Waals surface area contributed by atoms with Crippen LogP contribution < -0.4 is 11.1 Å². The number of nitro groups is 1. The second-order valence-corrected chi connectivity index (χ2v) is 4.61. The summed E-state index contributed by atoms with van der Waals surface area (Å²) in [6.45, 7) is 3.43. The average molecular weight is 406 g/mol. The molecule has 0 bridgehead atoms. The van der Waals surface area contributed by atoms with Gasteiger partial charge in [0.15, 0.2) is 5.96 Å². The minimum absolute atomic E-state index is 0.